The molecule has 3 nitrogen and oxygen atoms in total. The molecule has 0 aliphatic heterocycles. The Labute approximate surface area is 91.2 Å². The van der Waals surface area contributed by atoms with Gasteiger partial charge in [-0.3, -0.25) is 10.1 Å². The van der Waals surface area contributed by atoms with Crippen LogP contribution in [-0.2, 0) is 11.2 Å². The van der Waals surface area contributed by atoms with E-state index >= 15 is 0 Å². The van der Waals surface area contributed by atoms with Crippen LogP contribution in [0.5, 0.6) is 0 Å². The average molecular weight is 229 g/mol. The van der Waals surface area contributed by atoms with Gasteiger partial charge in [-0.1, -0.05) is 29.3 Å². The van der Waals surface area contributed by atoms with Crippen LogP contribution in [0.3, 0.4) is 0 Å². The van der Waals surface area contributed by atoms with E-state index in [9.17, 15) is 4.79 Å². The molecular formula is C9H6Cl2N2O. The average Bonchev–Trinajstić information content (AvgIpc) is 2.12. The molecule has 0 spiro atoms. The summed E-state index contributed by atoms with van der Waals surface area (Å²) in [6.45, 7) is 0. The molecule has 0 aromatic heterocycles. The number of amides is 1. The molecule has 0 bridgehead atoms. The van der Waals surface area contributed by atoms with Gasteiger partial charge in [0.1, 0.15) is 0 Å². The van der Waals surface area contributed by atoms with E-state index in [-0.39, 0.29) is 12.3 Å². The van der Waals surface area contributed by atoms with Crippen LogP contribution in [-0.4, -0.2) is 5.91 Å². The largest absolute Gasteiger partial charge is 0.274 e. The summed E-state index contributed by atoms with van der Waals surface area (Å²) in [4.78, 5) is 11.0. The summed E-state index contributed by atoms with van der Waals surface area (Å²) >= 11 is 11.4. The van der Waals surface area contributed by atoms with Crippen molar-refractivity contribution < 1.29 is 4.79 Å². The molecule has 0 atom stereocenters. The molecule has 0 aliphatic rings. The van der Waals surface area contributed by atoms with Crippen LogP contribution >= 0.6 is 23.2 Å². The van der Waals surface area contributed by atoms with Gasteiger partial charge < -0.3 is 0 Å². The molecule has 5 heteroatoms. The molecule has 0 fully saturated rings. The van der Waals surface area contributed by atoms with E-state index < -0.39 is 0 Å². The highest BCUT2D eigenvalue weighted by Crippen LogP contribution is 2.22. The Balaban J connectivity index is 2.74. The summed E-state index contributed by atoms with van der Waals surface area (Å²) in [7, 11) is 0. The van der Waals surface area contributed by atoms with E-state index in [4.69, 9.17) is 28.5 Å². The molecule has 14 heavy (non-hydrogen) atoms. The van der Waals surface area contributed by atoms with Gasteiger partial charge in [0.25, 0.3) is 0 Å². The Morgan fingerprint density at radius 1 is 1.43 bits per heavy atom. The number of nitriles is 1. The lowest BCUT2D eigenvalue weighted by molar-refractivity contribution is -0.119. The molecule has 72 valence electrons. The first-order valence-electron chi connectivity index (χ1n) is 3.75. The summed E-state index contributed by atoms with van der Waals surface area (Å²) in [6.07, 6.45) is 1.67. The van der Waals surface area contributed by atoms with Gasteiger partial charge in [-0.05, 0) is 17.7 Å². The minimum Gasteiger partial charge on any atom is -0.274 e. The first kappa shape index (κ1) is 10.8. The lowest BCUT2D eigenvalue weighted by Crippen LogP contribution is -2.19. The van der Waals surface area contributed by atoms with Crippen molar-refractivity contribution in [1.29, 1.82) is 5.26 Å². The molecule has 0 radical (unpaired) electrons. The molecule has 1 amide bonds. The Morgan fingerprint density at radius 3 is 2.71 bits per heavy atom. The second kappa shape index (κ2) is 4.85. The number of benzene rings is 1. The maximum Gasteiger partial charge on any atom is 0.237 e. The van der Waals surface area contributed by atoms with Crippen LogP contribution in [0.1, 0.15) is 5.56 Å². The maximum absolute atomic E-state index is 11.0. The van der Waals surface area contributed by atoms with E-state index in [1.54, 1.807) is 24.4 Å². The molecule has 1 aromatic rings. The molecule has 1 N–H and O–H groups in total. The van der Waals surface area contributed by atoms with E-state index in [2.05, 4.69) is 0 Å². The molecule has 0 saturated heterocycles. The quantitative estimate of drug-likeness (QED) is 0.623. The number of nitrogens with zero attached hydrogens (tertiary/aromatic N) is 1. The molecule has 1 aromatic carbocycles. The van der Waals surface area contributed by atoms with Crippen molar-refractivity contribution in [1.82, 2.24) is 5.32 Å². The van der Waals surface area contributed by atoms with Gasteiger partial charge in [-0.15, -0.1) is 0 Å². The third-order valence-electron chi connectivity index (χ3n) is 1.54. The zero-order valence-electron chi connectivity index (χ0n) is 7.05. The van der Waals surface area contributed by atoms with Crippen molar-refractivity contribution in [2.75, 3.05) is 0 Å². The fraction of sp³-hybridized carbons (Fsp3) is 0.111. The van der Waals surface area contributed by atoms with E-state index in [1.807, 2.05) is 5.32 Å². The maximum atomic E-state index is 11.0. The molecule has 0 aliphatic carbocycles. The van der Waals surface area contributed by atoms with Gasteiger partial charge in [0.15, 0.2) is 6.19 Å². The number of rotatable bonds is 2. The SMILES string of the molecule is N#CNC(=O)Cc1ccc(Cl)c(Cl)c1. The minimum absolute atomic E-state index is 0.116. The summed E-state index contributed by atoms with van der Waals surface area (Å²) in [5, 5.41) is 11.0. The van der Waals surface area contributed by atoms with E-state index in [0.29, 0.717) is 15.6 Å². The third-order valence-corrected chi connectivity index (χ3v) is 2.28. The molecule has 1 rings (SSSR count). The fourth-order valence-corrected chi connectivity index (χ4v) is 1.26. The number of nitrogens with one attached hydrogen (secondary N) is 1. The van der Waals surface area contributed by atoms with Crippen LogP contribution in [0.25, 0.3) is 0 Å². The van der Waals surface area contributed by atoms with E-state index in [1.165, 1.54) is 0 Å². The van der Waals surface area contributed by atoms with Crippen molar-refractivity contribution in [3.05, 3.63) is 33.8 Å². The predicted molar refractivity (Wildman–Crippen MR) is 53.9 cm³/mol. The minimum atomic E-state index is -0.370. The van der Waals surface area contributed by atoms with Crippen LogP contribution in [0.2, 0.25) is 10.0 Å². The Morgan fingerprint density at radius 2 is 2.14 bits per heavy atom. The van der Waals surface area contributed by atoms with Crippen LogP contribution in [0, 0.1) is 11.5 Å². The summed E-state index contributed by atoms with van der Waals surface area (Å²) in [6, 6.07) is 4.89. The summed E-state index contributed by atoms with van der Waals surface area (Å²) < 4.78 is 0. The Bertz CT molecular complexity index is 398. The molecular weight excluding hydrogens is 223 g/mol. The van der Waals surface area contributed by atoms with Gasteiger partial charge in [0.2, 0.25) is 5.91 Å². The molecule has 0 saturated carbocycles. The first-order valence-corrected chi connectivity index (χ1v) is 4.51. The van der Waals surface area contributed by atoms with Crippen LogP contribution in [0.4, 0.5) is 0 Å². The van der Waals surface area contributed by atoms with Gasteiger partial charge in [0.05, 0.1) is 16.5 Å². The number of halogens is 2. The molecule has 0 heterocycles. The normalized spacial score (nSPS) is 9.21. The van der Waals surface area contributed by atoms with Crippen LogP contribution < -0.4 is 5.32 Å². The standard InChI is InChI=1S/C9H6Cl2N2O/c10-7-2-1-6(3-8(7)11)4-9(14)13-5-12/h1-3H,4H2,(H,13,14). The van der Waals surface area contributed by atoms with Crippen LogP contribution in [0.15, 0.2) is 18.2 Å². The lowest BCUT2D eigenvalue weighted by Gasteiger charge is -2.00. The fourth-order valence-electron chi connectivity index (χ4n) is 0.942. The Kier molecular flexibility index (Phi) is 3.75. The summed E-state index contributed by atoms with van der Waals surface area (Å²) in [5.74, 6) is -0.370. The Hall–Kier alpha value is -1.24. The zero-order valence-corrected chi connectivity index (χ0v) is 8.56. The van der Waals surface area contributed by atoms with Gasteiger partial charge in [0, 0.05) is 0 Å². The highest BCUT2D eigenvalue weighted by atomic mass is 35.5. The van der Waals surface area contributed by atoms with E-state index in [0.717, 1.165) is 0 Å². The number of hydrogen-bond acceptors (Lipinski definition) is 2. The summed E-state index contributed by atoms with van der Waals surface area (Å²) in [5.41, 5.74) is 0.715. The van der Waals surface area contributed by atoms with Crippen molar-refractivity contribution in [2.45, 2.75) is 6.42 Å². The second-order valence-electron chi connectivity index (χ2n) is 2.59. The predicted octanol–water partition coefficient (Wildman–Crippen LogP) is 2.13. The smallest absolute Gasteiger partial charge is 0.237 e. The number of carbonyl (C=O) groups is 1. The monoisotopic (exact) mass is 228 g/mol. The highest BCUT2D eigenvalue weighted by molar-refractivity contribution is 6.42. The van der Waals surface area contributed by atoms with Gasteiger partial charge >= 0.3 is 0 Å². The topological polar surface area (TPSA) is 52.9 Å². The van der Waals surface area contributed by atoms with Crippen molar-refractivity contribution in [3.8, 4) is 6.19 Å². The van der Waals surface area contributed by atoms with Gasteiger partial charge in [-0.2, -0.15) is 5.26 Å². The molecule has 0 unspecified atom stereocenters. The lowest BCUT2D eigenvalue weighted by atomic mass is 10.1. The second-order valence-corrected chi connectivity index (χ2v) is 3.40. The van der Waals surface area contributed by atoms with Crippen molar-refractivity contribution >= 4 is 29.1 Å². The highest BCUT2D eigenvalue weighted by Gasteiger charge is 2.04. The van der Waals surface area contributed by atoms with Crippen molar-refractivity contribution in [3.63, 3.8) is 0 Å². The number of carbonyl (C=O) groups excluding carboxylic acids is 1. The number of hydrogen-bond donors (Lipinski definition) is 1. The van der Waals surface area contributed by atoms with Gasteiger partial charge in [-0.25, -0.2) is 0 Å². The van der Waals surface area contributed by atoms with Crippen molar-refractivity contribution in [2.24, 2.45) is 0 Å². The zero-order chi connectivity index (χ0) is 10.6. The first-order chi connectivity index (χ1) is 6.63. The third kappa shape index (κ3) is 2.91.